The van der Waals surface area contributed by atoms with Crippen LogP contribution in [0.4, 0.5) is 0 Å². The number of hydrogen-bond donors (Lipinski definition) is 2. The smallest absolute Gasteiger partial charge is 0.251 e. The van der Waals surface area contributed by atoms with Gasteiger partial charge in [-0.2, -0.15) is 0 Å². The number of hydrogen-bond acceptors (Lipinski definition) is 2. The Morgan fingerprint density at radius 1 is 1.73 bits per heavy atom. The van der Waals surface area contributed by atoms with Crippen molar-refractivity contribution in [2.45, 2.75) is 25.8 Å². The van der Waals surface area contributed by atoms with Gasteiger partial charge >= 0.3 is 0 Å². The van der Waals surface area contributed by atoms with Crippen molar-refractivity contribution < 1.29 is 9.90 Å². The molecule has 1 aliphatic carbocycles. The summed E-state index contributed by atoms with van der Waals surface area (Å²) in [5, 5.41) is 12.3. The molecule has 2 atom stereocenters. The minimum absolute atomic E-state index is 0.119. The number of aliphatic hydroxyl groups excluding tert-OH is 1. The molecule has 1 amide bonds. The van der Waals surface area contributed by atoms with Crippen molar-refractivity contribution in [3.8, 4) is 0 Å². The molecule has 0 aromatic carbocycles. The first kappa shape index (κ1) is 6.70. The van der Waals surface area contributed by atoms with Crippen LogP contribution in [0.5, 0.6) is 0 Å². The van der Waals surface area contributed by atoms with E-state index in [4.69, 9.17) is 0 Å². The lowest BCUT2D eigenvalue weighted by atomic mass is 10.1. The summed E-state index contributed by atoms with van der Waals surface area (Å²) in [4.78, 5) is 11.1. The highest BCUT2D eigenvalue weighted by Crippen LogP contribution is 2.51. The molecule has 2 aliphatic rings. The fraction of sp³-hybridized carbons (Fsp3) is 0.625. The largest absolute Gasteiger partial charge is 0.509 e. The van der Waals surface area contributed by atoms with Gasteiger partial charge in [-0.05, 0) is 19.3 Å². The zero-order valence-corrected chi connectivity index (χ0v) is 6.64. The first-order valence-electron chi connectivity index (χ1n) is 3.81. The van der Waals surface area contributed by atoms with E-state index in [1.165, 1.54) is 0 Å². The van der Waals surface area contributed by atoms with E-state index in [1.807, 2.05) is 6.92 Å². The van der Waals surface area contributed by atoms with Crippen LogP contribution in [-0.4, -0.2) is 16.6 Å². The van der Waals surface area contributed by atoms with Gasteiger partial charge in [0.25, 0.3) is 5.91 Å². The molecular formula is C8H11NO2. The van der Waals surface area contributed by atoms with Crippen molar-refractivity contribution in [3.63, 3.8) is 0 Å². The molecule has 1 fully saturated rings. The number of carbonyl (C=O) groups excluding carboxylic acids is 1. The summed E-state index contributed by atoms with van der Waals surface area (Å²) < 4.78 is 0. The molecule has 1 spiro atoms. The maximum absolute atomic E-state index is 11.1. The molecule has 0 aromatic heterocycles. The molecule has 1 aliphatic heterocycles. The second kappa shape index (κ2) is 1.60. The molecule has 11 heavy (non-hydrogen) atoms. The Morgan fingerprint density at radius 3 is 2.45 bits per heavy atom. The van der Waals surface area contributed by atoms with Crippen molar-refractivity contribution >= 4 is 5.91 Å². The number of amides is 1. The molecule has 1 saturated carbocycles. The number of rotatable bonds is 0. The van der Waals surface area contributed by atoms with Gasteiger partial charge in [0, 0.05) is 0 Å². The Morgan fingerprint density at radius 2 is 2.27 bits per heavy atom. The lowest BCUT2D eigenvalue weighted by Crippen LogP contribution is -2.32. The van der Waals surface area contributed by atoms with Crippen LogP contribution in [0, 0.1) is 5.92 Å². The quantitative estimate of drug-likeness (QED) is 0.539. The summed E-state index contributed by atoms with van der Waals surface area (Å²) in [7, 11) is 0. The average molecular weight is 153 g/mol. The first-order chi connectivity index (χ1) is 5.08. The predicted octanol–water partition coefficient (Wildman–Crippen LogP) is 0.727. The third-order valence-corrected chi connectivity index (χ3v) is 2.76. The Kier molecular flexibility index (Phi) is 0.975. The Balaban J connectivity index is 2.39. The van der Waals surface area contributed by atoms with Gasteiger partial charge in [-0.1, -0.05) is 6.92 Å². The van der Waals surface area contributed by atoms with Crippen LogP contribution in [0.2, 0.25) is 0 Å². The van der Waals surface area contributed by atoms with Crippen LogP contribution in [0.1, 0.15) is 20.3 Å². The van der Waals surface area contributed by atoms with Crippen LogP contribution < -0.4 is 5.32 Å². The van der Waals surface area contributed by atoms with Crippen LogP contribution in [-0.2, 0) is 4.79 Å². The lowest BCUT2D eigenvalue weighted by Gasteiger charge is -2.07. The molecule has 3 heteroatoms. The monoisotopic (exact) mass is 153 g/mol. The molecule has 0 bridgehead atoms. The zero-order valence-electron chi connectivity index (χ0n) is 6.64. The van der Waals surface area contributed by atoms with Gasteiger partial charge in [-0.25, -0.2) is 0 Å². The molecule has 2 N–H and O–H groups in total. The van der Waals surface area contributed by atoms with E-state index >= 15 is 0 Å². The Labute approximate surface area is 65.1 Å². The summed E-state index contributed by atoms with van der Waals surface area (Å²) in [5.74, 6) is 0.533. The second-order valence-electron chi connectivity index (χ2n) is 3.50. The van der Waals surface area contributed by atoms with Gasteiger partial charge in [0.1, 0.15) is 11.3 Å². The Bertz CT molecular complexity index is 269. The van der Waals surface area contributed by atoms with E-state index in [9.17, 15) is 9.90 Å². The van der Waals surface area contributed by atoms with E-state index in [-0.39, 0.29) is 17.2 Å². The van der Waals surface area contributed by atoms with E-state index in [0.717, 1.165) is 6.42 Å². The maximum atomic E-state index is 11.1. The van der Waals surface area contributed by atoms with E-state index < -0.39 is 0 Å². The van der Waals surface area contributed by atoms with Gasteiger partial charge in [0.05, 0.1) is 5.57 Å². The van der Waals surface area contributed by atoms with Crippen LogP contribution >= 0.6 is 0 Å². The minimum atomic E-state index is -0.360. The molecule has 3 nitrogen and oxygen atoms in total. The number of nitrogens with one attached hydrogen (secondary N) is 1. The molecule has 60 valence electrons. The Hall–Kier alpha value is -0.990. The molecule has 0 aromatic rings. The van der Waals surface area contributed by atoms with Crippen LogP contribution in [0.3, 0.4) is 0 Å². The van der Waals surface area contributed by atoms with Crippen molar-refractivity contribution in [3.05, 3.63) is 11.3 Å². The van der Waals surface area contributed by atoms with Crippen molar-refractivity contribution in [2.75, 3.05) is 0 Å². The standard InChI is InChI=1S/C8H11NO2/c1-4-3-8(4)6(10)5(2)7(11)9-8/h4,10H,3H2,1-2H3,(H,9,11). The summed E-state index contributed by atoms with van der Waals surface area (Å²) >= 11 is 0. The normalized spacial score (nSPS) is 41.6. The average Bonchev–Trinajstić information content (AvgIpc) is 2.54. The van der Waals surface area contributed by atoms with Gasteiger partial charge < -0.3 is 10.4 Å². The van der Waals surface area contributed by atoms with Crippen LogP contribution in [0.15, 0.2) is 11.3 Å². The molecule has 0 radical (unpaired) electrons. The fourth-order valence-corrected chi connectivity index (χ4v) is 1.73. The fourth-order valence-electron chi connectivity index (χ4n) is 1.73. The lowest BCUT2D eigenvalue weighted by molar-refractivity contribution is -0.117. The summed E-state index contributed by atoms with van der Waals surface area (Å²) in [6.45, 7) is 3.68. The second-order valence-corrected chi connectivity index (χ2v) is 3.50. The van der Waals surface area contributed by atoms with Crippen molar-refractivity contribution in [1.82, 2.24) is 5.32 Å². The molecule has 1 heterocycles. The highest BCUT2D eigenvalue weighted by atomic mass is 16.3. The minimum Gasteiger partial charge on any atom is -0.509 e. The molecule has 0 saturated heterocycles. The first-order valence-corrected chi connectivity index (χ1v) is 3.81. The summed E-state index contributed by atoms with van der Waals surface area (Å²) in [6, 6.07) is 0. The molecule has 2 rings (SSSR count). The summed E-state index contributed by atoms with van der Waals surface area (Å²) in [6.07, 6.45) is 0.877. The number of aliphatic hydroxyl groups is 1. The third-order valence-electron chi connectivity index (χ3n) is 2.76. The summed E-state index contributed by atoms with van der Waals surface area (Å²) in [5.41, 5.74) is 0.121. The topological polar surface area (TPSA) is 49.3 Å². The van der Waals surface area contributed by atoms with E-state index in [1.54, 1.807) is 6.92 Å². The van der Waals surface area contributed by atoms with Crippen molar-refractivity contribution in [1.29, 1.82) is 0 Å². The third kappa shape index (κ3) is 0.607. The van der Waals surface area contributed by atoms with Gasteiger partial charge in [-0.15, -0.1) is 0 Å². The SMILES string of the molecule is CC1=C(O)C2(CC2C)NC1=O. The van der Waals surface area contributed by atoms with Crippen LogP contribution in [0.25, 0.3) is 0 Å². The van der Waals surface area contributed by atoms with Crippen molar-refractivity contribution in [2.24, 2.45) is 5.92 Å². The highest BCUT2D eigenvalue weighted by molar-refractivity contribution is 5.98. The maximum Gasteiger partial charge on any atom is 0.251 e. The molecule has 2 unspecified atom stereocenters. The van der Waals surface area contributed by atoms with Gasteiger partial charge in [0.15, 0.2) is 0 Å². The van der Waals surface area contributed by atoms with Gasteiger partial charge in [-0.3, -0.25) is 4.79 Å². The number of carbonyl (C=O) groups is 1. The zero-order chi connectivity index (χ0) is 8.22. The molecular weight excluding hydrogens is 142 g/mol. The predicted molar refractivity (Wildman–Crippen MR) is 40.0 cm³/mol. The highest BCUT2D eigenvalue weighted by Gasteiger charge is 2.60. The van der Waals surface area contributed by atoms with E-state index in [2.05, 4.69) is 5.32 Å². The van der Waals surface area contributed by atoms with Gasteiger partial charge in [0.2, 0.25) is 0 Å². The van der Waals surface area contributed by atoms with E-state index in [0.29, 0.717) is 11.5 Å².